The van der Waals surface area contributed by atoms with E-state index in [1.54, 1.807) is 0 Å². The van der Waals surface area contributed by atoms with Crippen LogP contribution in [0.3, 0.4) is 0 Å². The third kappa shape index (κ3) is 5.82. The summed E-state index contributed by atoms with van der Waals surface area (Å²) >= 11 is 0. The second kappa shape index (κ2) is 14.1. The lowest BCUT2D eigenvalue weighted by Crippen LogP contribution is -2.39. The predicted octanol–water partition coefficient (Wildman–Crippen LogP) is 8.66. The monoisotopic (exact) mass is 680 g/mol. The molecule has 0 saturated carbocycles. The van der Waals surface area contributed by atoms with Crippen LogP contribution in [0.4, 0.5) is 5.82 Å². The van der Waals surface area contributed by atoms with Crippen LogP contribution in [0.25, 0.3) is 33.7 Å². The maximum absolute atomic E-state index is 4.98. The van der Waals surface area contributed by atoms with Crippen LogP contribution >= 0.6 is 0 Å². The molecule has 0 radical (unpaired) electrons. The van der Waals surface area contributed by atoms with E-state index in [9.17, 15) is 0 Å². The van der Waals surface area contributed by atoms with Crippen molar-refractivity contribution in [1.82, 2.24) is 34.7 Å². The number of tetrazole rings is 1. The molecule has 0 bridgehead atoms. The summed E-state index contributed by atoms with van der Waals surface area (Å²) in [6.07, 6.45) is 1.91. The molecule has 0 fully saturated rings. The highest BCUT2D eigenvalue weighted by atomic mass is 15.6. The van der Waals surface area contributed by atoms with Crippen molar-refractivity contribution in [2.75, 3.05) is 19.0 Å². The van der Waals surface area contributed by atoms with E-state index in [4.69, 9.17) is 20.3 Å². The molecule has 256 valence electrons. The molecule has 5 aromatic carbocycles. The van der Waals surface area contributed by atoms with Crippen LogP contribution in [0.15, 0.2) is 152 Å². The van der Waals surface area contributed by atoms with Crippen molar-refractivity contribution < 1.29 is 0 Å². The lowest BCUT2D eigenvalue weighted by atomic mass is 9.77. The number of hydrogen-bond acceptors (Lipinski definition) is 6. The molecule has 0 saturated heterocycles. The van der Waals surface area contributed by atoms with Gasteiger partial charge in [0.15, 0.2) is 11.5 Å². The van der Waals surface area contributed by atoms with Gasteiger partial charge in [0.2, 0.25) is 0 Å². The third-order valence-electron chi connectivity index (χ3n) is 9.72. The van der Waals surface area contributed by atoms with Crippen LogP contribution in [-0.2, 0) is 18.5 Å². The molecule has 0 atom stereocenters. The van der Waals surface area contributed by atoms with E-state index in [2.05, 4.69) is 144 Å². The van der Waals surface area contributed by atoms with E-state index in [0.29, 0.717) is 12.4 Å². The molecule has 52 heavy (non-hydrogen) atoms. The molecule has 0 aliphatic heterocycles. The summed E-state index contributed by atoms with van der Waals surface area (Å²) in [6.45, 7) is 2.87. The van der Waals surface area contributed by atoms with E-state index >= 15 is 0 Å². The lowest BCUT2D eigenvalue weighted by molar-refractivity contribution is 0.451. The second-order valence-electron chi connectivity index (χ2n) is 13.2. The van der Waals surface area contributed by atoms with Gasteiger partial charge < -0.3 is 9.47 Å². The Morgan fingerprint density at radius 3 is 1.77 bits per heavy atom. The number of imidazole rings is 1. The van der Waals surface area contributed by atoms with Gasteiger partial charge in [0.25, 0.3) is 0 Å². The van der Waals surface area contributed by atoms with E-state index < -0.39 is 5.54 Å². The summed E-state index contributed by atoms with van der Waals surface area (Å²) in [5.41, 5.74) is 8.42. The summed E-state index contributed by atoms with van der Waals surface area (Å²) in [4.78, 5) is 12.0. The number of nitrogens with zero attached hydrogens (tertiary/aromatic N) is 8. The fourth-order valence-corrected chi connectivity index (χ4v) is 7.26. The van der Waals surface area contributed by atoms with Crippen molar-refractivity contribution in [3.05, 3.63) is 180 Å². The Bertz CT molecular complexity index is 2320. The maximum Gasteiger partial charge on any atom is 0.184 e. The maximum atomic E-state index is 4.98. The highest BCUT2D eigenvalue weighted by Crippen LogP contribution is 2.43. The Kier molecular flexibility index (Phi) is 8.87. The molecule has 0 N–H and O–H groups in total. The Labute approximate surface area is 304 Å². The van der Waals surface area contributed by atoms with Gasteiger partial charge in [-0.25, -0.2) is 14.6 Å². The quantitative estimate of drug-likeness (QED) is 0.127. The van der Waals surface area contributed by atoms with E-state index in [1.807, 2.05) is 47.9 Å². The molecule has 0 aliphatic rings. The number of aryl methyl sites for hydroxylation is 1. The molecule has 8 aromatic rings. The van der Waals surface area contributed by atoms with Gasteiger partial charge in [0.1, 0.15) is 22.7 Å². The molecular formula is C44H40N8. The highest BCUT2D eigenvalue weighted by molar-refractivity contribution is 5.81. The van der Waals surface area contributed by atoms with Gasteiger partial charge in [-0.3, -0.25) is 0 Å². The molecule has 3 heterocycles. The topological polar surface area (TPSA) is 77.6 Å². The van der Waals surface area contributed by atoms with Gasteiger partial charge in [-0.15, -0.1) is 5.10 Å². The number of pyridine rings is 1. The standard InChI is InChI=1S/C44H40N8/c1-4-16-41-45-39-29-30-40(50(2)3)46-43(39)51(41)31-32-25-27-33(28-26-32)37-23-14-15-24-38(37)42-47-48-49-52(42)44(34-17-8-5-9-18-34,35-19-10-6-11-20-35)36-21-12-7-13-22-36/h5-15,17-30H,4,16,31H2,1-3H3. The van der Waals surface area contributed by atoms with Crippen molar-refractivity contribution in [2.24, 2.45) is 0 Å². The number of anilines is 1. The van der Waals surface area contributed by atoms with Crippen LogP contribution in [0.1, 0.15) is 41.4 Å². The van der Waals surface area contributed by atoms with Crippen LogP contribution in [0.5, 0.6) is 0 Å². The van der Waals surface area contributed by atoms with Gasteiger partial charge in [-0.2, -0.15) is 0 Å². The van der Waals surface area contributed by atoms with Crippen LogP contribution in [-0.4, -0.2) is 48.8 Å². The number of fused-ring (bicyclic) bond motifs is 1. The number of rotatable bonds is 11. The van der Waals surface area contributed by atoms with Crippen molar-refractivity contribution in [1.29, 1.82) is 0 Å². The fraction of sp³-hybridized carbons (Fsp3) is 0.159. The molecular weight excluding hydrogens is 641 g/mol. The Balaban J connectivity index is 1.23. The third-order valence-corrected chi connectivity index (χ3v) is 9.72. The molecule has 8 nitrogen and oxygen atoms in total. The van der Waals surface area contributed by atoms with E-state index in [0.717, 1.165) is 69.0 Å². The molecule has 3 aromatic heterocycles. The minimum atomic E-state index is -0.843. The van der Waals surface area contributed by atoms with Gasteiger partial charge >= 0.3 is 0 Å². The van der Waals surface area contributed by atoms with Crippen molar-refractivity contribution in [2.45, 2.75) is 31.8 Å². The number of hydrogen-bond donors (Lipinski definition) is 0. The first-order valence-corrected chi connectivity index (χ1v) is 17.8. The van der Waals surface area contributed by atoms with Gasteiger partial charge in [0.05, 0.1) is 6.54 Å². The average molecular weight is 681 g/mol. The van der Waals surface area contributed by atoms with E-state index in [1.165, 1.54) is 5.56 Å². The summed E-state index contributed by atoms with van der Waals surface area (Å²) in [5.74, 6) is 2.65. The number of benzene rings is 5. The second-order valence-corrected chi connectivity index (χ2v) is 13.2. The first-order valence-electron chi connectivity index (χ1n) is 17.8. The SMILES string of the molecule is CCCc1nc2ccc(N(C)C)nc2n1Cc1ccc(-c2ccccc2-c2nnnn2C(c2ccccc2)(c2ccccc2)c2ccccc2)cc1. The molecule has 8 rings (SSSR count). The Morgan fingerprint density at radius 2 is 1.19 bits per heavy atom. The molecule has 0 unspecified atom stereocenters. The minimum absolute atomic E-state index is 0.674. The predicted molar refractivity (Wildman–Crippen MR) is 208 cm³/mol. The normalized spacial score (nSPS) is 11.6. The molecule has 0 spiro atoms. The largest absolute Gasteiger partial charge is 0.363 e. The summed E-state index contributed by atoms with van der Waals surface area (Å²) in [5, 5.41) is 13.9. The minimum Gasteiger partial charge on any atom is -0.363 e. The van der Waals surface area contributed by atoms with Crippen molar-refractivity contribution >= 4 is 17.0 Å². The Hall–Kier alpha value is -6.41. The van der Waals surface area contributed by atoms with Gasteiger partial charge in [-0.05, 0) is 62.4 Å². The lowest BCUT2D eigenvalue weighted by Gasteiger charge is -2.36. The summed E-state index contributed by atoms with van der Waals surface area (Å²) in [7, 11) is 4.03. The van der Waals surface area contributed by atoms with E-state index in [-0.39, 0.29) is 0 Å². The first kappa shape index (κ1) is 32.8. The van der Waals surface area contributed by atoms with Crippen molar-refractivity contribution in [3.8, 4) is 22.5 Å². The Morgan fingerprint density at radius 1 is 0.615 bits per heavy atom. The fourth-order valence-electron chi connectivity index (χ4n) is 7.26. The zero-order valence-electron chi connectivity index (χ0n) is 29.6. The van der Waals surface area contributed by atoms with Crippen LogP contribution < -0.4 is 4.90 Å². The zero-order chi connectivity index (χ0) is 35.5. The van der Waals surface area contributed by atoms with Gasteiger partial charge in [0, 0.05) is 26.1 Å². The molecule has 8 heteroatoms. The highest BCUT2D eigenvalue weighted by Gasteiger charge is 2.42. The van der Waals surface area contributed by atoms with Crippen molar-refractivity contribution in [3.63, 3.8) is 0 Å². The van der Waals surface area contributed by atoms with Crippen LogP contribution in [0.2, 0.25) is 0 Å². The molecule has 0 aliphatic carbocycles. The van der Waals surface area contributed by atoms with Gasteiger partial charge in [-0.1, -0.05) is 146 Å². The number of aromatic nitrogens is 7. The summed E-state index contributed by atoms with van der Waals surface area (Å²) in [6, 6.07) is 52.8. The zero-order valence-corrected chi connectivity index (χ0v) is 29.6. The average Bonchev–Trinajstić information content (AvgIpc) is 3.82. The smallest absolute Gasteiger partial charge is 0.184 e. The molecule has 0 amide bonds. The first-order chi connectivity index (χ1) is 25.6. The summed E-state index contributed by atoms with van der Waals surface area (Å²) < 4.78 is 4.26. The van der Waals surface area contributed by atoms with Crippen LogP contribution in [0, 0.1) is 0 Å².